The number of imidazole rings is 1. The van der Waals surface area contributed by atoms with Crippen molar-refractivity contribution in [3.8, 4) is 11.3 Å². The van der Waals surface area contributed by atoms with Crippen molar-refractivity contribution in [2.45, 2.75) is 33.1 Å². The predicted molar refractivity (Wildman–Crippen MR) is 80.8 cm³/mol. The molecule has 21 heavy (non-hydrogen) atoms. The number of carboxylic acids is 1. The molecule has 0 unspecified atom stereocenters. The number of carboxylic acid groups (broad SMARTS) is 1. The van der Waals surface area contributed by atoms with Crippen LogP contribution in [0.25, 0.3) is 16.2 Å². The fraction of sp³-hybridized carbons (Fsp3) is 0.333. The number of aryl methyl sites for hydroxylation is 3. The maximum Gasteiger partial charge on any atom is 0.303 e. The smallest absolute Gasteiger partial charge is 0.303 e. The normalized spacial score (nSPS) is 11.3. The second-order valence-corrected chi connectivity index (χ2v) is 5.92. The van der Waals surface area contributed by atoms with E-state index < -0.39 is 5.97 Å². The summed E-state index contributed by atoms with van der Waals surface area (Å²) in [5.74, 6) is 0.989. The van der Waals surface area contributed by atoms with Gasteiger partial charge >= 0.3 is 5.97 Å². The SMILES string of the molecule is Cc1cc(-c2cn3c(CCCC(=O)O)csc3n2)c(C)o1. The lowest BCUT2D eigenvalue weighted by Gasteiger charge is -1.97. The highest BCUT2D eigenvalue weighted by atomic mass is 32.1. The quantitative estimate of drug-likeness (QED) is 0.780. The van der Waals surface area contributed by atoms with E-state index in [-0.39, 0.29) is 6.42 Å². The summed E-state index contributed by atoms with van der Waals surface area (Å²) < 4.78 is 7.60. The summed E-state index contributed by atoms with van der Waals surface area (Å²) in [6.07, 6.45) is 3.57. The molecule has 0 spiro atoms. The van der Waals surface area contributed by atoms with Gasteiger partial charge < -0.3 is 9.52 Å². The molecule has 0 aromatic carbocycles. The van der Waals surface area contributed by atoms with Gasteiger partial charge in [-0.15, -0.1) is 11.3 Å². The lowest BCUT2D eigenvalue weighted by Crippen LogP contribution is -1.97. The van der Waals surface area contributed by atoms with E-state index in [1.165, 1.54) is 0 Å². The molecule has 1 N–H and O–H groups in total. The monoisotopic (exact) mass is 304 g/mol. The number of hydrogen-bond acceptors (Lipinski definition) is 4. The van der Waals surface area contributed by atoms with E-state index in [9.17, 15) is 4.79 Å². The van der Waals surface area contributed by atoms with Crippen LogP contribution in [0.2, 0.25) is 0 Å². The van der Waals surface area contributed by atoms with E-state index in [4.69, 9.17) is 9.52 Å². The molecule has 0 saturated heterocycles. The summed E-state index contributed by atoms with van der Waals surface area (Å²) in [5, 5.41) is 10.8. The molecule has 110 valence electrons. The van der Waals surface area contributed by atoms with Crippen LogP contribution in [0.3, 0.4) is 0 Å². The van der Waals surface area contributed by atoms with E-state index >= 15 is 0 Å². The Morgan fingerprint density at radius 3 is 2.95 bits per heavy atom. The number of fused-ring (bicyclic) bond motifs is 1. The Balaban J connectivity index is 1.89. The molecule has 3 heterocycles. The highest BCUT2D eigenvalue weighted by Gasteiger charge is 2.14. The number of thiazole rings is 1. The first-order chi connectivity index (χ1) is 10.0. The van der Waals surface area contributed by atoms with Crippen molar-refractivity contribution >= 4 is 22.3 Å². The van der Waals surface area contributed by atoms with Crippen molar-refractivity contribution < 1.29 is 14.3 Å². The first-order valence-corrected chi connectivity index (χ1v) is 7.67. The highest BCUT2D eigenvalue weighted by Crippen LogP contribution is 2.28. The molecule has 0 bridgehead atoms. The average Bonchev–Trinajstić information content (AvgIpc) is 3.04. The van der Waals surface area contributed by atoms with Crippen molar-refractivity contribution in [1.82, 2.24) is 9.38 Å². The largest absolute Gasteiger partial charge is 0.481 e. The van der Waals surface area contributed by atoms with Crippen LogP contribution < -0.4 is 0 Å². The molecule has 3 aromatic rings. The Bertz CT molecular complexity index is 797. The Kier molecular flexibility index (Phi) is 3.55. The Labute approximate surface area is 125 Å². The van der Waals surface area contributed by atoms with Gasteiger partial charge in [0.2, 0.25) is 0 Å². The van der Waals surface area contributed by atoms with E-state index in [0.717, 1.165) is 39.9 Å². The van der Waals surface area contributed by atoms with Gasteiger partial charge in [-0.25, -0.2) is 4.98 Å². The number of aromatic nitrogens is 2. The maximum absolute atomic E-state index is 10.6. The zero-order valence-electron chi connectivity index (χ0n) is 11.9. The van der Waals surface area contributed by atoms with Crippen LogP contribution in [-0.4, -0.2) is 20.5 Å². The van der Waals surface area contributed by atoms with Crippen LogP contribution in [0.4, 0.5) is 0 Å². The number of hydrogen-bond donors (Lipinski definition) is 1. The van der Waals surface area contributed by atoms with Crippen LogP contribution >= 0.6 is 11.3 Å². The molecule has 0 saturated carbocycles. The summed E-state index contributed by atoms with van der Waals surface area (Å²) in [4.78, 5) is 16.1. The lowest BCUT2D eigenvalue weighted by molar-refractivity contribution is -0.137. The van der Waals surface area contributed by atoms with Crippen molar-refractivity contribution in [3.05, 3.63) is 34.9 Å². The molecule has 0 amide bonds. The van der Waals surface area contributed by atoms with Gasteiger partial charge in [-0.3, -0.25) is 9.20 Å². The van der Waals surface area contributed by atoms with Gasteiger partial charge in [0, 0.05) is 29.3 Å². The molecule has 3 aromatic heterocycles. The van der Waals surface area contributed by atoms with Gasteiger partial charge in [0.1, 0.15) is 11.5 Å². The molecular formula is C15H16N2O3S. The van der Waals surface area contributed by atoms with Gasteiger partial charge in [0.05, 0.1) is 5.69 Å². The zero-order valence-corrected chi connectivity index (χ0v) is 12.7. The molecule has 0 fully saturated rings. The fourth-order valence-corrected chi connectivity index (χ4v) is 3.35. The summed E-state index contributed by atoms with van der Waals surface area (Å²) in [6.45, 7) is 3.86. The Morgan fingerprint density at radius 2 is 2.29 bits per heavy atom. The second kappa shape index (κ2) is 5.37. The molecule has 0 aliphatic heterocycles. The molecule has 6 heteroatoms. The van der Waals surface area contributed by atoms with Gasteiger partial charge in [-0.1, -0.05) is 0 Å². The number of carbonyl (C=O) groups is 1. The topological polar surface area (TPSA) is 67.7 Å². The third kappa shape index (κ3) is 2.71. The van der Waals surface area contributed by atoms with Crippen molar-refractivity contribution in [1.29, 1.82) is 0 Å². The third-order valence-corrected chi connectivity index (χ3v) is 4.31. The minimum atomic E-state index is -0.753. The molecule has 5 nitrogen and oxygen atoms in total. The van der Waals surface area contributed by atoms with Gasteiger partial charge in [0.15, 0.2) is 4.96 Å². The zero-order chi connectivity index (χ0) is 15.0. The number of aliphatic carboxylic acids is 1. The van der Waals surface area contributed by atoms with Crippen LogP contribution in [0, 0.1) is 13.8 Å². The molecule has 0 aliphatic rings. The summed E-state index contributed by atoms with van der Waals surface area (Å²) in [5.41, 5.74) is 3.02. The third-order valence-electron chi connectivity index (χ3n) is 3.42. The minimum Gasteiger partial charge on any atom is -0.481 e. The van der Waals surface area contributed by atoms with Crippen LogP contribution in [0.1, 0.15) is 30.1 Å². The number of rotatable bonds is 5. The molecule has 0 atom stereocenters. The van der Waals surface area contributed by atoms with Gasteiger partial charge in [-0.05, 0) is 32.8 Å². The minimum absolute atomic E-state index is 0.193. The standard InChI is InChI=1S/C15H16N2O3S/c1-9-6-12(10(2)20-9)13-7-17-11(4-3-5-14(18)19)8-21-15(17)16-13/h6-8H,3-5H2,1-2H3,(H,18,19). The molecular weight excluding hydrogens is 288 g/mol. The Hall–Kier alpha value is -2.08. The first-order valence-electron chi connectivity index (χ1n) is 6.79. The maximum atomic E-state index is 10.6. The van der Waals surface area contributed by atoms with Crippen LogP contribution in [-0.2, 0) is 11.2 Å². The second-order valence-electron chi connectivity index (χ2n) is 5.08. The van der Waals surface area contributed by atoms with E-state index in [0.29, 0.717) is 6.42 Å². The number of nitrogens with zero attached hydrogens (tertiary/aromatic N) is 2. The average molecular weight is 304 g/mol. The lowest BCUT2D eigenvalue weighted by atomic mass is 10.2. The van der Waals surface area contributed by atoms with E-state index in [1.807, 2.05) is 35.9 Å². The summed E-state index contributed by atoms with van der Waals surface area (Å²) in [7, 11) is 0. The molecule has 0 aliphatic carbocycles. The van der Waals surface area contributed by atoms with E-state index in [1.54, 1.807) is 11.3 Å². The summed E-state index contributed by atoms with van der Waals surface area (Å²) >= 11 is 1.57. The molecule has 3 rings (SSSR count). The van der Waals surface area contributed by atoms with Crippen molar-refractivity contribution in [2.24, 2.45) is 0 Å². The molecule has 0 radical (unpaired) electrons. The Morgan fingerprint density at radius 1 is 1.48 bits per heavy atom. The predicted octanol–water partition coefficient (Wildman–Crippen LogP) is 3.68. The summed E-state index contributed by atoms with van der Waals surface area (Å²) in [6, 6.07) is 1.99. The fourth-order valence-electron chi connectivity index (χ4n) is 2.44. The van der Waals surface area contributed by atoms with E-state index in [2.05, 4.69) is 4.98 Å². The first kappa shape index (κ1) is 13.9. The van der Waals surface area contributed by atoms with Crippen molar-refractivity contribution in [3.63, 3.8) is 0 Å². The van der Waals surface area contributed by atoms with Crippen LogP contribution in [0.5, 0.6) is 0 Å². The van der Waals surface area contributed by atoms with Crippen molar-refractivity contribution in [2.75, 3.05) is 0 Å². The van der Waals surface area contributed by atoms with Crippen LogP contribution in [0.15, 0.2) is 22.1 Å². The van der Waals surface area contributed by atoms with Gasteiger partial charge in [-0.2, -0.15) is 0 Å². The number of furan rings is 1. The highest BCUT2D eigenvalue weighted by molar-refractivity contribution is 7.15. The van der Waals surface area contributed by atoms with Gasteiger partial charge in [0.25, 0.3) is 0 Å².